The predicted octanol–water partition coefficient (Wildman–Crippen LogP) is 5.87. The van der Waals surface area contributed by atoms with Gasteiger partial charge >= 0.3 is 5.97 Å². The van der Waals surface area contributed by atoms with E-state index in [0.29, 0.717) is 19.6 Å². The summed E-state index contributed by atoms with van der Waals surface area (Å²) >= 11 is 0. The molecule has 0 atom stereocenters. The van der Waals surface area contributed by atoms with E-state index in [9.17, 15) is 4.79 Å². The fourth-order valence-corrected chi connectivity index (χ4v) is 3.69. The van der Waals surface area contributed by atoms with Crippen LogP contribution in [0.4, 0.5) is 0 Å². The van der Waals surface area contributed by atoms with Crippen molar-refractivity contribution in [3.63, 3.8) is 0 Å². The minimum Gasteiger partial charge on any atom is -0.466 e. The zero-order valence-electron chi connectivity index (χ0n) is 16.0. The summed E-state index contributed by atoms with van der Waals surface area (Å²) in [5, 5.41) is 2.55. The fourth-order valence-electron chi connectivity index (χ4n) is 3.69. The molecular weight excluding hydrogens is 322 g/mol. The zero-order chi connectivity index (χ0) is 18.4. The first kappa shape index (κ1) is 18.5. The Morgan fingerprint density at radius 1 is 0.962 bits per heavy atom. The number of rotatable bonds is 9. The van der Waals surface area contributed by atoms with Crippen molar-refractivity contribution < 1.29 is 9.53 Å². The van der Waals surface area contributed by atoms with E-state index in [1.54, 1.807) is 0 Å². The number of hydrogen-bond donors (Lipinski definition) is 0. The quantitative estimate of drug-likeness (QED) is 0.356. The molecule has 3 heteroatoms. The van der Waals surface area contributed by atoms with Crippen LogP contribution in [0.15, 0.2) is 42.5 Å². The number of unbranched alkanes of at least 4 members (excludes halogenated alkanes) is 3. The molecule has 3 rings (SSSR count). The Balaban J connectivity index is 1.90. The zero-order valence-corrected chi connectivity index (χ0v) is 16.0. The van der Waals surface area contributed by atoms with E-state index in [4.69, 9.17) is 4.74 Å². The van der Waals surface area contributed by atoms with Gasteiger partial charge in [0.15, 0.2) is 0 Å². The highest BCUT2D eigenvalue weighted by Gasteiger charge is 2.12. The molecule has 0 fully saturated rings. The highest BCUT2D eigenvalue weighted by atomic mass is 16.5. The minimum atomic E-state index is -0.133. The molecule has 0 aliphatic heterocycles. The molecule has 138 valence electrons. The first-order valence-corrected chi connectivity index (χ1v) is 9.90. The van der Waals surface area contributed by atoms with Crippen LogP contribution < -0.4 is 0 Å². The van der Waals surface area contributed by atoms with Crippen molar-refractivity contribution in [2.24, 2.45) is 0 Å². The molecule has 0 aliphatic rings. The monoisotopic (exact) mass is 351 g/mol. The van der Waals surface area contributed by atoms with Crippen molar-refractivity contribution in [1.82, 2.24) is 4.57 Å². The van der Waals surface area contributed by atoms with Gasteiger partial charge in [0.05, 0.1) is 13.0 Å². The number of aryl methyl sites for hydroxylation is 2. The highest BCUT2D eigenvalue weighted by Crippen LogP contribution is 2.30. The summed E-state index contributed by atoms with van der Waals surface area (Å²) in [5.74, 6) is -0.133. The van der Waals surface area contributed by atoms with Crippen molar-refractivity contribution >= 4 is 27.8 Å². The first-order chi connectivity index (χ1) is 12.7. The number of carbonyl (C=O) groups excluding carboxylic acids is 1. The van der Waals surface area contributed by atoms with E-state index < -0.39 is 0 Å². The molecule has 0 spiro atoms. The predicted molar refractivity (Wildman–Crippen MR) is 109 cm³/mol. The van der Waals surface area contributed by atoms with Gasteiger partial charge in [0, 0.05) is 28.4 Å². The molecule has 0 saturated carbocycles. The molecule has 0 aliphatic carbocycles. The van der Waals surface area contributed by atoms with Gasteiger partial charge in [-0.3, -0.25) is 4.79 Å². The number of nitrogens with zero attached hydrogens (tertiary/aromatic N) is 1. The fraction of sp³-hybridized carbons (Fsp3) is 0.435. The van der Waals surface area contributed by atoms with Gasteiger partial charge in [0.1, 0.15) is 0 Å². The van der Waals surface area contributed by atoms with Crippen LogP contribution in [0.25, 0.3) is 21.8 Å². The van der Waals surface area contributed by atoms with Crippen LogP contribution in [0.2, 0.25) is 0 Å². The minimum absolute atomic E-state index is 0.133. The lowest BCUT2D eigenvalue weighted by molar-refractivity contribution is -0.143. The summed E-state index contributed by atoms with van der Waals surface area (Å²) in [6.07, 6.45) is 6.68. The Morgan fingerprint density at radius 2 is 1.77 bits per heavy atom. The molecule has 3 nitrogen and oxygen atoms in total. The van der Waals surface area contributed by atoms with Crippen molar-refractivity contribution in [2.75, 3.05) is 6.61 Å². The second-order valence-electron chi connectivity index (χ2n) is 6.89. The normalized spacial score (nSPS) is 11.3. The van der Waals surface area contributed by atoms with Crippen LogP contribution >= 0.6 is 0 Å². The Kier molecular flexibility index (Phi) is 6.32. The number of benzene rings is 2. The Morgan fingerprint density at radius 3 is 2.58 bits per heavy atom. The molecule has 1 heterocycles. The number of esters is 1. The molecule has 0 amide bonds. The number of aromatic nitrogens is 1. The maximum Gasteiger partial charge on any atom is 0.307 e. The van der Waals surface area contributed by atoms with Gasteiger partial charge < -0.3 is 9.30 Å². The first-order valence-electron chi connectivity index (χ1n) is 9.90. The number of fused-ring (bicyclic) bond motifs is 3. The van der Waals surface area contributed by atoms with Gasteiger partial charge in [-0.2, -0.15) is 0 Å². The number of ether oxygens (including phenoxy) is 1. The van der Waals surface area contributed by atoms with Gasteiger partial charge in [-0.05, 0) is 43.5 Å². The third kappa shape index (κ3) is 4.09. The van der Waals surface area contributed by atoms with Crippen LogP contribution in [0.5, 0.6) is 0 Å². The lowest BCUT2D eigenvalue weighted by Gasteiger charge is -2.08. The van der Waals surface area contributed by atoms with Crippen LogP contribution in [0, 0.1) is 0 Å². The molecule has 0 radical (unpaired) electrons. The highest BCUT2D eigenvalue weighted by molar-refractivity contribution is 6.08. The van der Waals surface area contributed by atoms with Crippen LogP contribution in [0.1, 0.15) is 51.5 Å². The van der Waals surface area contributed by atoms with Crippen molar-refractivity contribution in [2.45, 2.75) is 58.9 Å². The van der Waals surface area contributed by atoms with Crippen LogP contribution in [-0.4, -0.2) is 17.1 Å². The SMILES string of the molecule is CCCCCCc1ccc2c(c1)c1ccccc1n2CCC(=O)OCC. The van der Waals surface area contributed by atoms with Gasteiger partial charge in [-0.15, -0.1) is 0 Å². The Hall–Kier alpha value is -2.29. The molecule has 1 aromatic heterocycles. The molecule has 0 unspecified atom stereocenters. The van der Waals surface area contributed by atoms with Crippen molar-refractivity contribution in [3.8, 4) is 0 Å². The van der Waals surface area contributed by atoms with Crippen molar-refractivity contribution in [3.05, 3.63) is 48.0 Å². The van der Waals surface area contributed by atoms with Gasteiger partial charge in [-0.25, -0.2) is 0 Å². The third-order valence-corrected chi connectivity index (χ3v) is 5.00. The van der Waals surface area contributed by atoms with Crippen LogP contribution in [-0.2, 0) is 22.5 Å². The van der Waals surface area contributed by atoms with E-state index in [-0.39, 0.29) is 5.97 Å². The Labute approximate surface area is 156 Å². The molecule has 0 saturated heterocycles. The number of carbonyl (C=O) groups is 1. The van der Waals surface area contributed by atoms with Crippen LogP contribution in [0.3, 0.4) is 0 Å². The Bertz CT molecular complexity index is 878. The second kappa shape index (κ2) is 8.88. The lowest BCUT2D eigenvalue weighted by atomic mass is 10.0. The lowest BCUT2D eigenvalue weighted by Crippen LogP contribution is -2.08. The summed E-state index contributed by atoms with van der Waals surface area (Å²) in [5.41, 5.74) is 3.80. The second-order valence-corrected chi connectivity index (χ2v) is 6.89. The summed E-state index contributed by atoms with van der Waals surface area (Å²) < 4.78 is 7.35. The molecule has 2 aromatic carbocycles. The average Bonchev–Trinajstić information content (AvgIpc) is 2.97. The van der Waals surface area contributed by atoms with E-state index in [1.165, 1.54) is 53.1 Å². The maximum atomic E-state index is 11.8. The molecule has 0 N–H and O–H groups in total. The summed E-state index contributed by atoms with van der Waals surface area (Å²) in [4.78, 5) is 11.8. The van der Waals surface area contributed by atoms with E-state index >= 15 is 0 Å². The molecule has 0 bridgehead atoms. The van der Waals surface area contributed by atoms with Gasteiger partial charge in [0.2, 0.25) is 0 Å². The molecule has 3 aromatic rings. The average molecular weight is 351 g/mol. The van der Waals surface area contributed by atoms with Gasteiger partial charge in [0.25, 0.3) is 0 Å². The van der Waals surface area contributed by atoms with E-state index in [2.05, 4.69) is 54.0 Å². The van der Waals surface area contributed by atoms with E-state index in [0.717, 1.165) is 6.42 Å². The summed E-state index contributed by atoms with van der Waals surface area (Å²) in [6.45, 7) is 5.18. The topological polar surface area (TPSA) is 31.2 Å². The third-order valence-electron chi connectivity index (χ3n) is 5.00. The molecular formula is C23H29NO2. The summed E-state index contributed by atoms with van der Waals surface area (Å²) in [6, 6.07) is 15.3. The smallest absolute Gasteiger partial charge is 0.307 e. The number of para-hydroxylation sites is 1. The summed E-state index contributed by atoms with van der Waals surface area (Å²) in [7, 11) is 0. The van der Waals surface area contributed by atoms with Gasteiger partial charge in [-0.1, -0.05) is 50.5 Å². The van der Waals surface area contributed by atoms with Crippen molar-refractivity contribution in [1.29, 1.82) is 0 Å². The number of hydrogen-bond acceptors (Lipinski definition) is 2. The largest absolute Gasteiger partial charge is 0.466 e. The molecule has 26 heavy (non-hydrogen) atoms. The maximum absolute atomic E-state index is 11.8. The standard InChI is InChI=1S/C23H29NO2/c1-3-5-6-7-10-18-13-14-22-20(17-18)19-11-8-9-12-21(19)24(22)16-15-23(25)26-4-2/h8-9,11-14,17H,3-7,10,15-16H2,1-2H3. The van der Waals surface area contributed by atoms with E-state index in [1.807, 2.05) is 6.92 Å².